The van der Waals surface area contributed by atoms with E-state index in [1.807, 2.05) is 13.8 Å². The fourth-order valence-electron chi connectivity index (χ4n) is 4.29. The largest absolute Gasteiger partial charge is 0.504 e. The SMILES string of the molecule is CCOC(=O)C1=C(C)N=c2s/c(=C\c3cc(OC)c(O)cc3Br)c(=O)n2[C@H]1c1ccc(OC(C)C)c(OC)c1. The number of rotatable bonds is 8. The molecule has 0 aliphatic carbocycles. The van der Waals surface area contributed by atoms with Crippen molar-refractivity contribution in [3.05, 3.63) is 76.9 Å². The number of ether oxygens (including phenoxy) is 4. The number of nitrogens with zero attached hydrogens (tertiary/aromatic N) is 2. The first-order chi connectivity index (χ1) is 18.6. The van der Waals surface area contributed by atoms with Crippen LogP contribution in [-0.4, -0.2) is 42.6 Å². The van der Waals surface area contributed by atoms with Gasteiger partial charge >= 0.3 is 5.97 Å². The number of methoxy groups -OCH3 is 2. The van der Waals surface area contributed by atoms with Crippen molar-refractivity contribution in [2.45, 2.75) is 39.8 Å². The van der Waals surface area contributed by atoms with Gasteiger partial charge in [-0.1, -0.05) is 33.3 Å². The number of halogens is 1. The highest BCUT2D eigenvalue weighted by atomic mass is 79.9. The molecule has 0 saturated carbocycles. The van der Waals surface area contributed by atoms with Crippen molar-refractivity contribution < 1.29 is 28.8 Å². The van der Waals surface area contributed by atoms with Crippen LogP contribution in [0.15, 0.2) is 55.9 Å². The molecule has 0 bridgehead atoms. The van der Waals surface area contributed by atoms with Gasteiger partial charge in [0, 0.05) is 4.47 Å². The average molecular weight is 618 g/mol. The highest BCUT2D eigenvalue weighted by Gasteiger charge is 2.34. The lowest BCUT2D eigenvalue weighted by Crippen LogP contribution is -2.40. The van der Waals surface area contributed by atoms with Gasteiger partial charge in [0.1, 0.15) is 0 Å². The summed E-state index contributed by atoms with van der Waals surface area (Å²) in [5.41, 5.74) is 1.66. The molecule has 39 heavy (non-hydrogen) atoms. The molecule has 2 heterocycles. The van der Waals surface area contributed by atoms with E-state index in [2.05, 4.69) is 20.9 Å². The number of fused-ring (bicyclic) bond motifs is 1. The Labute approximate surface area is 237 Å². The molecule has 3 aromatic rings. The molecular weight excluding hydrogens is 588 g/mol. The smallest absolute Gasteiger partial charge is 0.338 e. The molecule has 9 nitrogen and oxygen atoms in total. The average Bonchev–Trinajstić information content (AvgIpc) is 3.19. The summed E-state index contributed by atoms with van der Waals surface area (Å²) in [5, 5.41) is 10.1. The van der Waals surface area contributed by atoms with E-state index in [-0.39, 0.29) is 35.3 Å². The zero-order chi connectivity index (χ0) is 28.4. The molecule has 0 fully saturated rings. The minimum atomic E-state index is -0.803. The van der Waals surface area contributed by atoms with Crippen LogP contribution in [0.25, 0.3) is 6.08 Å². The van der Waals surface area contributed by atoms with E-state index in [0.717, 1.165) is 0 Å². The van der Waals surface area contributed by atoms with Gasteiger partial charge in [-0.3, -0.25) is 9.36 Å². The summed E-state index contributed by atoms with van der Waals surface area (Å²) in [6.45, 7) is 7.46. The van der Waals surface area contributed by atoms with E-state index in [1.165, 1.54) is 36.2 Å². The van der Waals surface area contributed by atoms with Crippen LogP contribution < -0.4 is 29.1 Å². The van der Waals surface area contributed by atoms with Gasteiger partial charge in [0.2, 0.25) is 0 Å². The summed E-state index contributed by atoms with van der Waals surface area (Å²) in [6.07, 6.45) is 1.62. The maximum atomic E-state index is 13.9. The Hall–Kier alpha value is -3.57. The fraction of sp³-hybridized carbons (Fsp3) is 0.321. The van der Waals surface area contributed by atoms with Crippen molar-refractivity contribution in [3.63, 3.8) is 0 Å². The molecule has 206 valence electrons. The van der Waals surface area contributed by atoms with E-state index >= 15 is 0 Å². The Kier molecular flexibility index (Phi) is 8.51. The molecule has 1 aliphatic rings. The van der Waals surface area contributed by atoms with Crippen LogP contribution >= 0.6 is 27.3 Å². The van der Waals surface area contributed by atoms with Crippen molar-refractivity contribution in [2.24, 2.45) is 4.99 Å². The lowest BCUT2D eigenvalue weighted by atomic mass is 9.95. The molecule has 2 aromatic carbocycles. The first kappa shape index (κ1) is 28.4. The van der Waals surface area contributed by atoms with Crippen LogP contribution in [-0.2, 0) is 9.53 Å². The zero-order valence-electron chi connectivity index (χ0n) is 22.4. The Bertz CT molecular complexity index is 1640. The summed E-state index contributed by atoms with van der Waals surface area (Å²) in [7, 11) is 2.99. The van der Waals surface area contributed by atoms with E-state index in [9.17, 15) is 14.7 Å². The molecule has 0 amide bonds. The Morgan fingerprint density at radius 3 is 2.54 bits per heavy atom. The predicted molar refractivity (Wildman–Crippen MR) is 152 cm³/mol. The summed E-state index contributed by atoms with van der Waals surface area (Å²) in [5.74, 6) is 0.711. The van der Waals surface area contributed by atoms with Gasteiger partial charge in [-0.2, -0.15) is 0 Å². The Morgan fingerprint density at radius 1 is 1.18 bits per heavy atom. The highest BCUT2D eigenvalue weighted by Crippen LogP contribution is 2.37. The van der Waals surface area contributed by atoms with Gasteiger partial charge in [0.25, 0.3) is 5.56 Å². The predicted octanol–water partition coefficient (Wildman–Crippen LogP) is 4.07. The van der Waals surface area contributed by atoms with Crippen molar-refractivity contribution in [1.29, 1.82) is 0 Å². The summed E-state index contributed by atoms with van der Waals surface area (Å²) in [4.78, 5) is 32.1. The summed E-state index contributed by atoms with van der Waals surface area (Å²) < 4.78 is 24.5. The normalized spacial score (nSPS) is 15.2. The third-order valence-corrected chi connectivity index (χ3v) is 7.64. The third kappa shape index (κ3) is 5.60. The Morgan fingerprint density at radius 2 is 1.90 bits per heavy atom. The second-order valence-corrected chi connectivity index (χ2v) is 10.8. The highest BCUT2D eigenvalue weighted by molar-refractivity contribution is 9.10. The number of thiazole rings is 1. The van der Waals surface area contributed by atoms with Gasteiger partial charge in [0.15, 0.2) is 27.8 Å². The maximum Gasteiger partial charge on any atom is 0.338 e. The molecule has 1 aliphatic heterocycles. The molecular formula is C28H29BrN2O7S. The maximum absolute atomic E-state index is 13.9. The van der Waals surface area contributed by atoms with Crippen LogP contribution in [0.1, 0.15) is 44.9 Å². The van der Waals surface area contributed by atoms with Gasteiger partial charge in [-0.15, -0.1) is 0 Å². The second kappa shape index (κ2) is 11.7. The number of hydrogen-bond acceptors (Lipinski definition) is 9. The summed E-state index contributed by atoms with van der Waals surface area (Å²) >= 11 is 4.63. The fourth-order valence-corrected chi connectivity index (χ4v) is 5.77. The molecule has 0 saturated heterocycles. The van der Waals surface area contributed by atoms with Crippen LogP contribution in [0.4, 0.5) is 0 Å². The number of phenols is 1. The molecule has 0 spiro atoms. The number of esters is 1. The molecule has 0 radical (unpaired) electrons. The number of carbonyl (C=O) groups is 1. The third-order valence-electron chi connectivity index (χ3n) is 5.97. The van der Waals surface area contributed by atoms with Gasteiger partial charge in [-0.05, 0) is 69.2 Å². The number of aromatic nitrogens is 1. The second-order valence-electron chi connectivity index (χ2n) is 8.92. The summed E-state index contributed by atoms with van der Waals surface area (Å²) in [6, 6.07) is 7.66. The van der Waals surface area contributed by atoms with Gasteiger partial charge in [-0.25, -0.2) is 9.79 Å². The van der Waals surface area contributed by atoms with Crippen molar-refractivity contribution >= 4 is 39.3 Å². The monoisotopic (exact) mass is 616 g/mol. The molecule has 4 rings (SSSR count). The van der Waals surface area contributed by atoms with Crippen LogP contribution in [0.3, 0.4) is 0 Å². The van der Waals surface area contributed by atoms with E-state index in [4.69, 9.17) is 18.9 Å². The van der Waals surface area contributed by atoms with Gasteiger partial charge < -0.3 is 24.1 Å². The van der Waals surface area contributed by atoms with Crippen molar-refractivity contribution in [3.8, 4) is 23.0 Å². The number of hydrogen-bond donors (Lipinski definition) is 1. The first-order valence-corrected chi connectivity index (χ1v) is 13.8. The van der Waals surface area contributed by atoms with Crippen LogP contribution in [0.2, 0.25) is 0 Å². The molecule has 1 N–H and O–H groups in total. The zero-order valence-corrected chi connectivity index (χ0v) is 24.8. The standard InChI is InChI=1S/C28H29BrN2O7S/c1-7-37-27(34)24-15(4)30-28-31(25(24)16-8-9-20(38-14(2)3)22(10-16)36-6)26(33)23(39-28)12-17-11-21(35-5)19(32)13-18(17)29/h8-14,25,32H,7H2,1-6H3/b23-12-/t25-/m0/s1. The van der Waals surface area contributed by atoms with E-state index in [1.54, 1.807) is 44.2 Å². The van der Waals surface area contributed by atoms with E-state index < -0.39 is 12.0 Å². The quantitative estimate of drug-likeness (QED) is 0.380. The van der Waals surface area contributed by atoms with Crippen LogP contribution in [0, 0.1) is 0 Å². The van der Waals surface area contributed by atoms with Crippen LogP contribution in [0.5, 0.6) is 23.0 Å². The first-order valence-electron chi connectivity index (χ1n) is 12.2. The minimum Gasteiger partial charge on any atom is -0.504 e. The minimum absolute atomic E-state index is 0.0310. The number of aromatic hydroxyl groups is 1. The van der Waals surface area contributed by atoms with Gasteiger partial charge in [0.05, 0.1) is 48.8 Å². The lowest BCUT2D eigenvalue weighted by Gasteiger charge is -2.25. The topological polar surface area (TPSA) is 109 Å². The van der Waals surface area contributed by atoms with E-state index in [0.29, 0.717) is 42.1 Å². The number of allylic oxidation sites excluding steroid dienone is 1. The Balaban J connectivity index is 1.96. The molecule has 1 aromatic heterocycles. The van der Waals surface area contributed by atoms with Crippen molar-refractivity contribution in [2.75, 3.05) is 20.8 Å². The number of benzene rings is 2. The number of phenolic OH excluding ortho intramolecular Hbond substituents is 1. The molecule has 11 heteroatoms. The number of carbonyl (C=O) groups excluding carboxylic acids is 1. The van der Waals surface area contributed by atoms with Crippen molar-refractivity contribution in [1.82, 2.24) is 4.57 Å². The molecule has 1 atom stereocenters. The lowest BCUT2D eigenvalue weighted by molar-refractivity contribution is -0.139. The molecule has 0 unspecified atom stereocenters.